The molecule has 8 rings (SSSR count). The van der Waals surface area contributed by atoms with Crippen LogP contribution >= 0.6 is 0 Å². The van der Waals surface area contributed by atoms with Gasteiger partial charge in [0.25, 0.3) is 0 Å². The SMILES string of the molecule is CC1=CC(=C2C(=O)c3ccccc3C2=O)C=C(C=C2C=C(C)c3ccc(N4c5ccccc5CCc5ccccc54)cc3O2)O1. The molecule has 4 aromatic rings. The molecule has 0 radical (unpaired) electrons. The van der Waals surface area contributed by atoms with Crippen LogP contribution in [0.15, 0.2) is 144 Å². The first-order chi connectivity index (χ1) is 21.9. The van der Waals surface area contributed by atoms with Crippen molar-refractivity contribution in [2.75, 3.05) is 4.90 Å². The molecule has 0 atom stereocenters. The Morgan fingerprint density at radius 3 is 1.96 bits per heavy atom. The van der Waals surface area contributed by atoms with E-state index in [2.05, 4.69) is 78.6 Å². The fraction of sp³-hybridized carbons (Fsp3) is 0.100. The topological polar surface area (TPSA) is 55.8 Å². The summed E-state index contributed by atoms with van der Waals surface area (Å²) in [5.74, 6) is 1.90. The van der Waals surface area contributed by atoms with Gasteiger partial charge in [-0.2, -0.15) is 0 Å². The number of benzene rings is 4. The number of carbonyl (C=O) groups excluding carboxylic acids is 2. The molecule has 0 bridgehead atoms. The summed E-state index contributed by atoms with van der Waals surface area (Å²) < 4.78 is 12.5. The average Bonchev–Trinajstić information content (AvgIpc) is 3.18. The van der Waals surface area contributed by atoms with Crippen LogP contribution in [0.5, 0.6) is 5.75 Å². The van der Waals surface area contributed by atoms with Gasteiger partial charge in [0.2, 0.25) is 0 Å². The van der Waals surface area contributed by atoms with Crippen LogP contribution in [0.25, 0.3) is 5.57 Å². The van der Waals surface area contributed by atoms with E-state index >= 15 is 0 Å². The molecule has 0 saturated heterocycles. The van der Waals surface area contributed by atoms with Crippen molar-refractivity contribution in [2.24, 2.45) is 0 Å². The normalized spacial score (nSPS) is 17.7. The zero-order valence-corrected chi connectivity index (χ0v) is 25.0. The fourth-order valence-electron chi connectivity index (χ4n) is 6.67. The van der Waals surface area contributed by atoms with Crippen molar-refractivity contribution in [3.63, 3.8) is 0 Å². The van der Waals surface area contributed by atoms with Gasteiger partial charge in [0.1, 0.15) is 23.0 Å². The van der Waals surface area contributed by atoms with Gasteiger partial charge in [-0.15, -0.1) is 0 Å². The Morgan fingerprint density at radius 1 is 0.667 bits per heavy atom. The second-order valence-electron chi connectivity index (χ2n) is 11.7. The van der Waals surface area contributed by atoms with E-state index in [0.29, 0.717) is 34.0 Å². The Bertz CT molecular complexity index is 2040. The van der Waals surface area contributed by atoms with E-state index in [4.69, 9.17) is 9.47 Å². The van der Waals surface area contributed by atoms with Crippen LogP contribution in [0.1, 0.15) is 51.3 Å². The summed E-state index contributed by atoms with van der Waals surface area (Å²) in [5, 5.41) is 0. The first kappa shape index (κ1) is 26.9. The van der Waals surface area contributed by atoms with E-state index in [1.165, 1.54) is 22.5 Å². The summed E-state index contributed by atoms with van der Waals surface area (Å²) in [4.78, 5) is 28.7. The highest BCUT2D eigenvalue weighted by atomic mass is 16.5. The number of ketones is 2. The molecule has 0 fully saturated rings. The summed E-state index contributed by atoms with van der Waals surface area (Å²) in [6.07, 6.45) is 9.21. The fourth-order valence-corrected chi connectivity index (χ4v) is 6.67. The largest absolute Gasteiger partial charge is 0.462 e. The number of Topliss-reactive ketones (excluding diaryl/α,β-unsaturated/α-hetero) is 2. The molecule has 5 heteroatoms. The van der Waals surface area contributed by atoms with Crippen molar-refractivity contribution in [1.29, 1.82) is 0 Å². The van der Waals surface area contributed by atoms with Gasteiger partial charge in [-0.25, -0.2) is 0 Å². The Balaban J connectivity index is 1.17. The van der Waals surface area contributed by atoms with Gasteiger partial charge >= 0.3 is 0 Å². The summed E-state index contributed by atoms with van der Waals surface area (Å²) in [6, 6.07) is 30.5. The van der Waals surface area contributed by atoms with Gasteiger partial charge in [-0.05, 0) is 91.5 Å². The number of anilines is 3. The number of rotatable bonds is 2. The van der Waals surface area contributed by atoms with Crippen molar-refractivity contribution in [2.45, 2.75) is 26.7 Å². The minimum atomic E-state index is -0.262. The number of hydrogen-bond donors (Lipinski definition) is 0. The molecule has 0 unspecified atom stereocenters. The minimum Gasteiger partial charge on any atom is -0.462 e. The van der Waals surface area contributed by atoms with Gasteiger partial charge < -0.3 is 14.4 Å². The lowest BCUT2D eigenvalue weighted by Crippen LogP contribution is -2.13. The molecule has 3 heterocycles. The predicted molar refractivity (Wildman–Crippen MR) is 176 cm³/mol. The molecule has 0 saturated carbocycles. The Hall–Kier alpha value is -5.68. The van der Waals surface area contributed by atoms with E-state index < -0.39 is 0 Å². The van der Waals surface area contributed by atoms with Crippen molar-refractivity contribution in [1.82, 2.24) is 0 Å². The molecule has 4 aromatic carbocycles. The number of aryl methyl sites for hydroxylation is 2. The number of allylic oxidation sites excluding steroid dienone is 8. The van der Waals surface area contributed by atoms with Gasteiger partial charge in [0.15, 0.2) is 11.6 Å². The standard InChI is InChI=1S/C40H29NO4/c1-24-19-30(23-31-21-28(20-25(2)44-31)38-39(42)33-11-5-6-12-34(33)40(38)43)45-37-22-29(17-18-32(24)37)41-35-13-7-3-9-26(35)15-16-27-10-4-8-14-36(27)41/h3-14,17-23H,15-16H2,1-2H3. The van der Waals surface area contributed by atoms with Crippen LogP contribution in [-0.2, 0) is 17.6 Å². The smallest absolute Gasteiger partial charge is 0.198 e. The molecule has 3 aliphatic heterocycles. The number of para-hydroxylation sites is 2. The second-order valence-corrected chi connectivity index (χ2v) is 11.7. The molecule has 0 amide bonds. The molecule has 0 spiro atoms. The Morgan fingerprint density at radius 2 is 1.29 bits per heavy atom. The van der Waals surface area contributed by atoms with Crippen LogP contribution in [-0.4, -0.2) is 11.6 Å². The van der Waals surface area contributed by atoms with E-state index in [-0.39, 0.29) is 17.1 Å². The minimum absolute atomic E-state index is 0.166. The third kappa shape index (κ3) is 4.56. The zero-order valence-electron chi connectivity index (χ0n) is 25.0. The molecular formula is C40H29NO4. The molecule has 4 aliphatic rings. The quantitative estimate of drug-likeness (QED) is 0.173. The van der Waals surface area contributed by atoms with Crippen LogP contribution in [0.4, 0.5) is 17.1 Å². The Labute approximate surface area is 261 Å². The van der Waals surface area contributed by atoms with Crippen molar-refractivity contribution >= 4 is 34.2 Å². The molecule has 45 heavy (non-hydrogen) atoms. The van der Waals surface area contributed by atoms with Gasteiger partial charge in [0, 0.05) is 45.9 Å². The van der Waals surface area contributed by atoms with Crippen LogP contribution < -0.4 is 9.64 Å². The summed E-state index contributed by atoms with van der Waals surface area (Å²) >= 11 is 0. The molecule has 1 aliphatic carbocycles. The molecular weight excluding hydrogens is 558 g/mol. The lowest BCUT2D eigenvalue weighted by molar-refractivity contribution is 0.0987. The second kappa shape index (κ2) is 10.5. The van der Waals surface area contributed by atoms with Gasteiger partial charge in [0.05, 0.1) is 5.57 Å². The van der Waals surface area contributed by atoms with E-state index in [1.54, 1.807) is 36.4 Å². The molecule has 0 aromatic heterocycles. The monoisotopic (exact) mass is 587 g/mol. The molecule has 218 valence electrons. The van der Waals surface area contributed by atoms with Gasteiger partial charge in [-0.1, -0.05) is 60.7 Å². The highest BCUT2D eigenvalue weighted by molar-refractivity contribution is 6.40. The zero-order chi connectivity index (χ0) is 30.7. The number of fused-ring (bicyclic) bond motifs is 4. The Kier molecular flexibility index (Phi) is 6.27. The summed E-state index contributed by atoms with van der Waals surface area (Å²) in [6.45, 7) is 3.87. The highest BCUT2D eigenvalue weighted by Gasteiger charge is 2.35. The van der Waals surface area contributed by atoms with Crippen molar-refractivity contribution in [3.05, 3.63) is 172 Å². The van der Waals surface area contributed by atoms with Crippen molar-refractivity contribution in [3.8, 4) is 5.75 Å². The van der Waals surface area contributed by atoms with Crippen molar-refractivity contribution < 1.29 is 19.1 Å². The third-order valence-corrected chi connectivity index (χ3v) is 8.74. The highest BCUT2D eigenvalue weighted by Crippen LogP contribution is 2.45. The maximum Gasteiger partial charge on any atom is 0.198 e. The van der Waals surface area contributed by atoms with E-state index in [0.717, 1.165) is 35.4 Å². The first-order valence-electron chi connectivity index (χ1n) is 15.1. The maximum atomic E-state index is 13.2. The lowest BCUT2D eigenvalue weighted by Gasteiger charge is -2.29. The predicted octanol–water partition coefficient (Wildman–Crippen LogP) is 9.13. The lowest BCUT2D eigenvalue weighted by atomic mass is 9.99. The van der Waals surface area contributed by atoms with Crippen LogP contribution in [0.3, 0.4) is 0 Å². The average molecular weight is 588 g/mol. The third-order valence-electron chi connectivity index (χ3n) is 8.74. The number of ether oxygens (including phenoxy) is 2. The number of carbonyl (C=O) groups is 2. The van der Waals surface area contributed by atoms with Gasteiger partial charge in [-0.3, -0.25) is 9.59 Å². The molecule has 0 N–H and O–H groups in total. The summed E-state index contributed by atoms with van der Waals surface area (Å²) in [7, 11) is 0. The number of hydrogen-bond acceptors (Lipinski definition) is 5. The van der Waals surface area contributed by atoms with Crippen LogP contribution in [0, 0.1) is 0 Å². The maximum absolute atomic E-state index is 13.2. The summed E-state index contributed by atoms with van der Waals surface area (Å²) in [5.41, 5.74) is 9.62. The molecule has 5 nitrogen and oxygen atoms in total. The van der Waals surface area contributed by atoms with E-state index in [9.17, 15) is 9.59 Å². The number of nitrogens with zero attached hydrogens (tertiary/aromatic N) is 1. The van der Waals surface area contributed by atoms with Crippen LogP contribution in [0.2, 0.25) is 0 Å². The first-order valence-corrected chi connectivity index (χ1v) is 15.1. The van der Waals surface area contributed by atoms with E-state index in [1.807, 2.05) is 19.1 Å².